The Kier molecular flexibility index (Phi) is 54.2. The molecule has 0 fully saturated rings. The minimum atomic E-state index is -0.767. The molecule has 390 valence electrons. The first-order valence-corrected chi connectivity index (χ1v) is 29.7. The van der Waals surface area contributed by atoms with E-state index >= 15 is 0 Å². The molecule has 0 heterocycles. The highest BCUT2D eigenvalue weighted by Crippen LogP contribution is 2.18. The second-order valence-electron chi connectivity index (χ2n) is 20.3. The lowest BCUT2D eigenvalue weighted by molar-refractivity contribution is -0.167. The van der Waals surface area contributed by atoms with E-state index in [4.69, 9.17) is 14.2 Å². The second-order valence-corrected chi connectivity index (χ2v) is 20.3. The number of ether oxygens (including phenoxy) is 3. The average Bonchev–Trinajstić information content (AvgIpc) is 3.31. The highest BCUT2D eigenvalue weighted by atomic mass is 16.6. The molecule has 0 aliphatic heterocycles. The Bertz CT molecular complexity index is 1020. The van der Waals surface area contributed by atoms with Crippen molar-refractivity contribution in [3.8, 4) is 0 Å². The van der Waals surface area contributed by atoms with Crippen LogP contribution < -0.4 is 0 Å². The third-order valence-electron chi connectivity index (χ3n) is 13.5. The molecule has 66 heavy (non-hydrogen) atoms. The molecule has 6 heteroatoms. The summed E-state index contributed by atoms with van der Waals surface area (Å²) >= 11 is 0. The van der Waals surface area contributed by atoms with E-state index in [-0.39, 0.29) is 31.1 Å². The van der Waals surface area contributed by atoms with Crippen molar-refractivity contribution in [1.29, 1.82) is 0 Å². The van der Waals surface area contributed by atoms with Crippen LogP contribution in [0.4, 0.5) is 0 Å². The molecule has 0 aromatic rings. The lowest BCUT2D eigenvalue weighted by Gasteiger charge is -2.18. The number of esters is 3. The van der Waals surface area contributed by atoms with Gasteiger partial charge in [0.25, 0.3) is 0 Å². The van der Waals surface area contributed by atoms with Crippen LogP contribution in [0.25, 0.3) is 0 Å². The van der Waals surface area contributed by atoms with E-state index in [0.717, 1.165) is 70.6 Å². The van der Waals surface area contributed by atoms with Crippen LogP contribution in [0.2, 0.25) is 0 Å². The maximum atomic E-state index is 12.7. The Morgan fingerprint density at radius 2 is 0.530 bits per heavy atom. The highest BCUT2D eigenvalue weighted by Gasteiger charge is 2.19. The zero-order chi connectivity index (χ0) is 47.9. The fraction of sp³-hybridized carbons (Fsp3) is 0.917. The van der Waals surface area contributed by atoms with Crippen molar-refractivity contribution in [2.45, 2.75) is 341 Å². The van der Waals surface area contributed by atoms with Crippen LogP contribution in [0.3, 0.4) is 0 Å². The summed E-state index contributed by atoms with van der Waals surface area (Å²) in [5.41, 5.74) is 0. The van der Waals surface area contributed by atoms with Crippen molar-refractivity contribution in [2.24, 2.45) is 0 Å². The lowest BCUT2D eigenvalue weighted by atomic mass is 10.0. The molecular weight excluding hydrogens is 817 g/mol. The van der Waals surface area contributed by atoms with Crippen LogP contribution in [0.15, 0.2) is 12.2 Å². The number of allylic oxidation sites excluding steroid dienone is 2. The summed E-state index contributed by atoms with van der Waals surface area (Å²) in [5.74, 6) is -0.864. The second kappa shape index (κ2) is 55.7. The third-order valence-corrected chi connectivity index (χ3v) is 13.5. The highest BCUT2D eigenvalue weighted by molar-refractivity contribution is 5.71. The summed E-state index contributed by atoms with van der Waals surface area (Å²) in [6, 6.07) is 0. The first-order chi connectivity index (χ1) is 32.5. The average molecular weight is 932 g/mol. The molecule has 1 unspecified atom stereocenters. The van der Waals surface area contributed by atoms with Gasteiger partial charge in [0.15, 0.2) is 6.10 Å². The normalized spacial score (nSPS) is 12.0. The van der Waals surface area contributed by atoms with Gasteiger partial charge in [0.2, 0.25) is 0 Å². The quantitative estimate of drug-likeness (QED) is 0.0262. The lowest BCUT2D eigenvalue weighted by Crippen LogP contribution is -2.30. The smallest absolute Gasteiger partial charge is 0.306 e. The molecule has 1 atom stereocenters. The minimum absolute atomic E-state index is 0.0685. The first kappa shape index (κ1) is 64.2. The maximum absolute atomic E-state index is 12.7. The van der Waals surface area contributed by atoms with Gasteiger partial charge in [-0.15, -0.1) is 0 Å². The van der Waals surface area contributed by atoms with E-state index in [1.807, 2.05) is 0 Å². The molecule has 0 N–H and O–H groups in total. The Hall–Kier alpha value is -1.85. The molecule has 6 nitrogen and oxygen atoms in total. The Morgan fingerprint density at radius 3 is 0.818 bits per heavy atom. The van der Waals surface area contributed by atoms with Gasteiger partial charge in [-0.05, 0) is 38.5 Å². The molecule has 0 aromatic heterocycles. The molecule has 0 saturated carbocycles. The van der Waals surface area contributed by atoms with E-state index in [1.54, 1.807) is 0 Å². The van der Waals surface area contributed by atoms with Gasteiger partial charge in [-0.2, -0.15) is 0 Å². The van der Waals surface area contributed by atoms with Gasteiger partial charge in [0, 0.05) is 19.3 Å². The molecule has 0 saturated heterocycles. The van der Waals surface area contributed by atoms with Crippen LogP contribution in [-0.4, -0.2) is 37.2 Å². The van der Waals surface area contributed by atoms with Crippen molar-refractivity contribution in [3.05, 3.63) is 12.2 Å². The summed E-state index contributed by atoms with van der Waals surface area (Å²) in [5, 5.41) is 0. The zero-order valence-electron chi connectivity index (χ0n) is 44.7. The maximum Gasteiger partial charge on any atom is 0.306 e. The van der Waals surface area contributed by atoms with Gasteiger partial charge in [0.1, 0.15) is 13.2 Å². The molecule has 0 aromatic carbocycles. The van der Waals surface area contributed by atoms with Crippen LogP contribution in [0.1, 0.15) is 335 Å². The third kappa shape index (κ3) is 53.1. The fourth-order valence-corrected chi connectivity index (χ4v) is 9.04. The van der Waals surface area contributed by atoms with Gasteiger partial charge < -0.3 is 14.2 Å². The molecule has 0 spiro atoms. The van der Waals surface area contributed by atoms with Crippen LogP contribution in [0.5, 0.6) is 0 Å². The number of hydrogen-bond acceptors (Lipinski definition) is 6. The molecule has 0 bridgehead atoms. The van der Waals surface area contributed by atoms with Gasteiger partial charge in [-0.25, -0.2) is 0 Å². The van der Waals surface area contributed by atoms with Gasteiger partial charge >= 0.3 is 17.9 Å². The van der Waals surface area contributed by atoms with Gasteiger partial charge in [-0.1, -0.05) is 290 Å². The van der Waals surface area contributed by atoms with Crippen LogP contribution >= 0.6 is 0 Å². The number of hydrogen-bond donors (Lipinski definition) is 0. The van der Waals surface area contributed by atoms with Crippen LogP contribution in [-0.2, 0) is 28.6 Å². The first-order valence-electron chi connectivity index (χ1n) is 29.7. The van der Waals surface area contributed by atoms with Gasteiger partial charge in [-0.3, -0.25) is 14.4 Å². The predicted octanol–water partition coefficient (Wildman–Crippen LogP) is 19.7. The summed E-state index contributed by atoms with van der Waals surface area (Å²) in [6.45, 7) is 6.60. The number of carbonyl (C=O) groups excluding carboxylic acids is 3. The Morgan fingerprint density at radius 1 is 0.288 bits per heavy atom. The number of rotatable bonds is 55. The topological polar surface area (TPSA) is 78.9 Å². The van der Waals surface area contributed by atoms with E-state index in [0.29, 0.717) is 19.3 Å². The van der Waals surface area contributed by atoms with Crippen molar-refractivity contribution in [1.82, 2.24) is 0 Å². The van der Waals surface area contributed by atoms with E-state index in [2.05, 4.69) is 32.9 Å². The Balaban J connectivity index is 3.96. The number of carbonyl (C=O) groups is 3. The standard InChI is InChI=1S/C60H114O6/c1-4-7-10-13-16-19-21-22-23-24-25-26-27-28-29-30-31-32-33-34-35-36-37-38-39-42-44-47-50-53-59(62)65-56-57(55-64-58(61)52-49-46-43-40-18-15-12-9-6-3)66-60(63)54-51-48-45-41-20-17-14-11-8-5-2/h11,14,57H,4-10,12-13,15-56H2,1-3H3/b14-11-. The number of unbranched alkanes of at least 4 members (excludes halogenated alkanes) is 42. The minimum Gasteiger partial charge on any atom is -0.462 e. The van der Waals surface area contributed by atoms with Crippen molar-refractivity contribution < 1.29 is 28.6 Å². The van der Waals surface area contributed by atoms with E-state index < -0.39 is 6.10 Å². The van der Waals surface area contributed by atoms with E-state index in [1.165, 1.54) is 225 Å². The molecule has 0 amide bonds. The predicted molar refractivity (Wildman–Crippen MR) is 284 cm³/mol. The zero-order valence-corrected chi connectivity index (χ0v) is 44.7. The summed E-state index contributed by atoms with van der Waals surface area (Å²) in [7, 11) is 0. The van der Waals surface area contributed by atoms with Gasteiger partial charge in [0.05, 0.1) is 0 Å². The largest absolute Gasteiger partial charge is 0.462 e. The fourth-order valence-electron chi connectivity index (χ4n) is 9.04. The summed E-state index contributed by atoms with van der Waals surface area (Å²) in [4.78, 5) is 37.9. The monoisotopic (exact) mass is 931 g/mol. The van der Waals surface area contributed by atoms with E-state index in [9.17, 15) is 14.4 Å². The molecular formula is C60H114O6. The van der Waals surface area contributed by atoms with Crippen molar-refractivity contribution in [3.63, 3.8) is 0 Å². The molecule has 0 aliphatic rings. The Labute approximate surface area is 411 Å². The van der Waals surface area contributed by atoms with Crippen LogP contribution in [0, 0.1) is 0 Å². The summed E-state index contributed by atoms with van der Waals surface area (Å²) in [6.07, 6.45) is 64.0. The molecule has 0 radical (unpaired) electrons. The van der Waals surface area contributed by atoms with Crippen molar-refractivity contribution >= 4 is 17.9 Å². The summed E-state index contributed by atoms with van der Waals surface area (Å²) < 4.78 is 16.8. The van der Waals surface area contributed by atoms with Crippen molar-refractivity contribution in [2.75, 3.05) is 13.2 Å². The molecule has 0 rings (SSSR count). The molecule has 0 aliphatic carbocycles. The SMILES string of the molecule is CCC/C=C\CCCCCCCC(=O)OC(COC(=O)CCCCCCCCCCC)COC(=O)CCCCCCCCCCCCCCCCCCCCCCCCCCCCCCC.